The third-order valence-electron chi connectivity index (χ3n) is 1.92. The van der Waals surface area contributed by atoms with E-state index >= 15 is 0 Å². The maximum Gasteiger partial charge on any atom is 0.130 e. The highest BCUT2D eigenvalue weighted by atomic mass is 19.1. The van der Waals surface area contributed by atoms with Crippen LogP contribution in [-0.2, 0) is 4.79 Å². The molecule has 1 rings (SSSR count). The van der Waals surface area contributed by atoms with E-state index in [4.69, 9.17) is 0 Å². The van der Waals surface area contributed by atoms with Gasteiger partial charge in [0.05, 0.1) is 0 Å². The molecule has 0 fully saturated rings. The van der Waals surface area contributed by atoms with Crippen molar-refractivity contribution in [2.45, 2.75) is 19.8 Å². The summed E-state index contributed by atoms with van der Waals surface area (Å²) >= 11 is 0. The summed E-state index contributed by atoms with van der Waals surface area (Å²) in [4.78, 5) is 10.6. The summed E-state index contributed by atoms with van der Waals surface area (Å²) < 4.78 is 25.8. The molecule has 0 atom stereocenters. The van der Waals surface area contributed by atoms with Gasteiger partial charge in [-0.3, -0.25) is 0 Å². The molecule has 0 unspecified atom stereocenters. The second-order valence-electron chi connectivity index (χ2n) is 3.31. The van der Waals surface area contributed by atoms with Crippen molar-refractivity contribution in [3.8, 4) is 0 Å². The van der Waals surface area contributed by atoms with Crippen molar-refractivity contribution < 1.29 is 13.6 Å². The van der Waals surface area contributed by atoms with E-state index in [-0.39, 0.29) is 11.3 Å². The molecule has 0 heterocycles. The van der Waals surface area contributed by atoms with E-state index in [2.05, 4.69) is 0 Å². The maximum absolute atomic E-state index is 13.1. The summed E-state index contributed by atoms with van der Waals surface area (Å²) in [6, 6.07) is 3.28. The van der Waals surface area contributed by atoms with Gasteiger partial charge in [0.1, 0.15) is 17.4 Å². The number of carbonyl (C=O) groups excluding carboxylic acids is 1. The number of hydrogen-bond donors (Lipinski definition) is 0. The number of ketones is 1. The van der Waals surface area contributed by atoms with Crippen molar-refractivity contribution in [3.63, 3.8) is 0 Å². The van der Waals surface area contributed by atoms with Crippen LogP contribution in [0.3, 0.4) is 0 Å². The number of hydrogen-bond acceptors (Lipinski definition) is 1. The van der Waals surface area contributed by atoms with Crippen LogP contribution >= 0.6 is 0 Å². The molecule has 0 N–H and O–H groups in total. The number of allylic oxidation sites excluding steroid dienone is 1. The lowest BCUT2D eigenvalue weighted by Gasteiger charge is -1.96. The number of benzene rings is 1. The Balaban J connectivity index is 2.63. The van der Waals surface area contributed by atoms with E-state index in [9.17, 15) is 13.6 Å². The molecule has 0 aliphatic rings. The van der Waals surface area contributed by atoms with Gasteiger partial charge < -0.3 is 4.79 Å². The molecule has 0 aromatic heterocycles. The zero-order valence-electron chi connectivity index (χ0n) is 8.47. The van der Waals surface area contributed by atoms with E-state index in [1.54, 1.807) is 6.08 Å². The van der Waals surface area contributed by atoms with Gasteiger partial charge in [-0.15, -0.1) is 0 Å². The topological polar surface area (TPSA) is 17.1 Å². The lowest BCUT2D eigenvalue weighted by molar-refractivity contribution is -0.116. The predicted octanol–water partition coefficient (Wildman–Crippen LogP) is 3.35. The zero-order valence-corrected chi connectivity index (χ0v) is 8.47. The van der Waals surface area contributed by atoms with E-state index in [1.165, 1.54) is 13.0 Å². The van der Waals surface area contributed by atoms with Gasteiger partial charge in [0.25, 0.3) is 0 Å². The Morgan fingerprint density at radius 3 is 2.80 bits per heavy atom. The third kappa shape index (κ3) is 4.02. The van der Waals surface area contributed by atoms with Crippen LogP contribution in [0.2, 0.25) is 0 Å². The van der Waals surface area contributed by atoms with E-state index in [0.29, 0.717) is 12.8 Å². The van der Waals surface area contributed by atoms with Crippen molar-refractivity contribution in [2.75, 3.05) is 0 Å². The van der Waals surface area contributed by atoms with Gasteiger partial charge in [0.2, 0.25) is 0 Å². The minimum atomic E-state index is -0.470. The number of Topliss-reactive ketones (excluding diaryl/α,β-unsaturated/α-hetero) is 1. The summed E-state index contributed by atoms with van der Waals surface area (Å²) in [6.07, 6.45) is 4.12. The van der Waals surface area contributed by atoms with Crippen molar-refractivity contribution >= 4 is 11.9 Å². The molecule has 1 nitrogen and oxygen atoms in total. The fourth-order valence-electron chi connectivity index (χ4n) is 1.14. The largest absolute Gasteiger partial charge is 0.300 e. The van der Waals surface area contributed by atoms with Crippen LogP contribution in [0.1, 0.15) is 25.3 Å². The van der Waals surface area contributed by atoms with Gasteiger partial charge in [0, 0.05) is 12.0 Å². The van der Waals surface area contributed by atoms with Gasteiger partial charge in [0.15, 0.2) is 0 Å². The molecule has 1 aromatic rings. The minimum absolute atomic E-state index is 0.0827. The van der Waals surface area contributed by atoms with Crippen LogP contribution in [-0.4, -0.2) is 5.78 Å². The molecule has 0 saturated heterocycles. The fourth-order valence-corrected chi connectivity index (χ4v) is 1.14. The Morgan fingerprint density at radius 1 is 1.40 bits per heavy atom. The summed E-state index contributed by atoms with van der Waals surface area (Å²) in [6.45, 7) is 1.50. The van der Waals surface area contributed by atoms with Crippen LogP contribution < -0.4 is 0 Å². The number of rotatable bonds is 4. The molecule has 0 radical (unpaired) electrons. The molecule has 15 heavy (non-hydrogen) atoms. The standard InChI is InChI=1S/C12H12F2O/c1-9(15)4-2-3-5-10-8-11(13)6-7-12(10)14/h3,5-8H,2,4H2,1H3/b5-3+. The predicted molar refractivity (Wildman–Crippen MR) is 55.3 cm³/mol. The van der Waals surface area contributed by atoms with Crippen LogP contribution in [0.4, 0.5) is 8.78 Å². The Bertz CT molecular complexity index is 383. The van der Waals surface area contributed by atoms with Crippen molar-refractivity contribution in [1.82, 2.24) is 0 Å². The van der Waals surface area contributed by atoms with Crippen molar-refractivity contribution in [2.24, 2.45) is 0 Å². The average Bonchev–Trinajstić information content (AvgIpc) is 2.17. The first kappa shape index (κ1) is 11.6. The van der Waals surface area contributed by atoms with Gasteiger partial charge >= 0.3 is 0 Å². The lowest BCUT2D eigenvalue weighted by atomic mass is 10.1. The molecule has 0 aliphatic carbocycles. The second kappa shape index (κ2) is 5.39. The molecule has 0 aliphatic heterocycles. The molecular formula is C12H12F2O. The molecule has 1 aromatic carbocycles. The first-order chi connectivity index (χ1) is 7.09. The van der Waals surface area contributed by atoms with E-state index in [0.717, 1.165) is 18.2 Å². The number of halogens is 2. The maximum atomic E-state index is 13.1. The Morgan fingerprint density at radius 2 is 2.13 bits per heavy atom. The summed E-state index contributed by atoms with van der Waals surface area (Å²) in [5.41, 5.74) is 0.207. The normalized spacial score (nSPS) is 10.9. The lowest BCUT2D eigenvalue weighted by Crippen LogP contribution is -1.87. The highest BCUT2D eigenvalue weighted by Gasteiger charge is 1.99. The molecule has 3 heteroatoms. The summed E-state index contributed by atoms with van der Waals surface area (Å²) in [5, 5.41) is 0. The number of carbonyl (C=O) groups is 1. The van der Waals surface area contributed by atoms with Crippen molar-refractivity contribution in [3.05, 3.63) is 41.5 Å². The summed E-state index contributed by atoms with van der Waals surface area (Å²) in [7, 11) is 0. The molecule has 0 amide bonds. The minimum Gasteiger partial charge on any atom is -0.300 e. The highest BCUT2D eigenvalue weighted by Crippen LogP contribution is 2.11. The Labute approximate surface area is 87.4 Å². The molecule has 80 valence electrons. The van der Waals surface area contributed by atoms with Gasteiger partial charge in [-0.1, -0.05) is 12.2 Å². The van der Waals surface area contributed by atoms with Crippen LogP contribution in [0.25, 0.3) is 6.08 Å². The first-order valence-electron chi connectivity index (χ1n) is 4.70. The average molecular weight is 210 g/mol. The second-order valence-corrected chi connectivity index (χ2v) is 3.31. The quantitative estimate of drug-likeness (QED) is 0.744. The van der Waals surface area contributed by atoms with Gasteiger partial charge in [-0.05, 0) is 31.5 Å². The Hall–Kier alpha value is -1.51. The molecule has 0 saturated carbocycles. The van der Waals surface area contributed by atoms with Gasteiger partial charge in [-0.25, -0.2) is 8.78 Å². The summed E-state index contributed by atoms with van der Waals surface area (Å²) in [5.74, 6) is -0.850. The fraction of sp³-hybridized carbons (Fsp3) is 0.250. The zero-order chi connectivity index (χ0) is 11.3. The van der Waals surface area contributed by atoms with Crippen LogP contribution in [0, 0.1) is 11.6 Å². The molecule has 0 bridgehead atoms. The van der Waals surface area contributed by atoms with E-state index < -0.39 is 11.6 Å². The SMILES string of the molecule is CC(=O)CC/C=C/c1cc(F)ccc1F. The molecular weight excluding hydrogens is 198 g/mol. The monoisotopic (exact) mass is 210 g/mol. The van der Waals surface area contributed by atoms with E-state index in [1.807, 2.05) is 0 Å². The smallest absolute Gasteiger partial charge is 0.130 e. The van der Waals surface area contributed by atoms with Crippen molar-refractivity contribution in [1.29, 1.82) is 0 Å². The van der Waals surface area contributed by atoms with Crippen LogP contribution in [0.15, 0.2) is 24.3 Å². The Kier molecular flexibility index (Phi) is 4.16. The van der Waals surface area contributed by atoms with Crippen LogP contribution in [0.5, 0.6) is 0 Å². The third-order valence-corrected chi connectivity index (χ3v) is 1.92. The molecule has 0 spiro atoms. The van der Waals surface area contributed by atoms with Gasteiger partial charge in [-0.2, -0.15) is 0 Å². The highest BCUT2D eigenvalue weighted by molar-refractivity contribution is 5.75. The first-order valence-corrected chi connectivity index (χ1v) is 4.70.